The molecule has 0 aliphatic carbocycles. The molecule has 0 radical (unpaired) electrons. The van der Waals surface area contributed by atoms with Crippen molar-refractivity contribution in [3.05, 3.63) is 59.9 Å². The number of hydrogen-bond donors (Lipinski definition) is 3. The van der Waals surface area contributed by atoms with Crippen molar-refractivity contribution in [1.29, 1.82) is 0 Å². The molecule has 1 heterocycles. The number of aromatic nitrogens is 1. The van der Waals surface area contributed by atoms with E-state index in [0.717, 1.165) is 11.3 Å². The molecular weight excluding hydrogens is 280 g/mol. The number of phenols is 1. The van der Waals surface area contributed by atoms with Gasteiger partial charge in [0.25, 0.3) is 0 Å². The molecule has 1 unspecified atom stereocenters. The second kappa shape index (κ2) is 8.14. The van der Waals surface area contributed by atoms with Crippen LogP contribution in [0.15, 0.2) is 48.7 Å². The van der Waals surface area contributed by atoms with Crippen molar-refractivity contribution in [2.75, 3.05) is 13.2 Å². The molecule has 116 valence electrons. The van der Waals surface area contributed by atoms with E-state index in [2.05, 4.69) is 10.3 Å². The molecule has 2 aromatic rings. The summed E-state index contributed by atoms with van der Waals surface area (Å²) in [5.41, 5.74) is 1.64. The molecule has 22 heavy (non-hydrogen) atoms. The second-order valence-electron chi connectivity index (χ2n) is 5.22. The summed E-state index contributed by atoms with van der Waals surface area (Å²) >= 11 is 0. The molecule has 1 amide bonds. The highest BCUT2D eigenvalue weighted by Crippen LogP contribution is 2.11. The van der Waals surface area contributed by atoms with Gasteiger partial charge >= 0.3 is 0 Å². The van der Waals surface area contributed by atoms with E-state index < -0.39 is 0 Å². The Labute approximate surface area is 129 Å². The first-order valence-electron chi connectivity index (χ1n) is 7.22. The lowest BCUT2D eigenvalue weighted by Crippen LogP contribution is -2.33. The van der Waals surface area contributed by atoms with Crippen molar-refractivity contribution in [2.24, 2.45) is 5.92 Å². The van der Waals surface area contributed by atoms with Gasteiger partial charge in [-0.1, -0.05) is 18.2 Å². The molecule has 0 aliphatic rings. The summed E-state index contributed by atoms with van der Waals surface area (Å²) < 4.78 is 0. The van der Waals surface area contributed by atoms with Gasteiger partial charge in [-0.3, -0.25) is 9.78 Å². The molecule has 0 aliphatic heterocycles. The Morgan fingerprint density at radius 2 is 2.09 bits per heavy atom. The van der Waals surface area contributed by atoms with Crippen LogP contribution >= 0.6 is 0 Å². The van der Waals surface area contributed by atoms with Crippen molar-refractivity contribution in [3.8, 4) is 5.75 Å². The van der Waals surface area contributed by atoms with Crippen molar-refractivity contribution >= 4 is 5.91 Å². The fraction of sp³-hybridized carbons (Fsp3) is 0.294. The number of amides is 1. The summed E-state index contributed by atoms with van der Waals surface area (Å²) in [6.07, 6.45) is 2.53. The number of aliphatic hydroxyl groups is 1. The lowest BCUT2D eigenvalue weighted by molar-refractivity contribution is -0.120. The largest absolute Gasteiger partial charge is 0.508 e. The van der Waals surface area contributed by atoms with Gasteiger partial charge in [-0.25, -0.2) is 0 Å². The summed E-state index contributed by atoms with van der Waals surface area (Å²) in [6.45, 7) is 0.383. The van der Waals surface area contributed by atoms with E-state index in [-0.39, 0.29) is 30.6 Å². The quantitative estimate of drug-likeness (QED) is 0.720. The zero-order valence-corrected chi connectivity index (χ0v) is 12.3. The van der Waals surface area contributed by atoms with Crippen LogP contribution in [0.25, 0.3) is 0 Å². The minimum absolute atomic E-state index is 0.0109. The number of carbonyl (C=O) groups excluding carboxylic acids is 1. The zero-order valence-electron chi connectivity index (χ0n) is 12.3. The summed E-state index contributed by atoms with van der Waals surface area (Å²) in [4.78, 5) is 16.1. The molecule has 1 aromatic heterocycles. The van der Waals surface area contributed by atoms with Crippen LogP contribution in [0.3, 0.4) is 0 Å². The highest BCUT2D eigenvalue weighted by Gasteiger charge is 2.11. The first kappa shape index (κ1) is 16.0. The molecule has 0 fully saturated rings. The predicted octanol–water partition coefficient (Wildman–Crippen LogP) is 1.30. The van der Waals surface area contributed by atoms with Gasteiger partial charge in [0.2, 0.25) is 5.91 Å². The third-order valence-corrected chi connectivity index (χ3v) is 3.35. The third kappa shape index (κ3) is 5.18. The molecule has 0 saturated carbocycles. The van der Waals surface area contributed by atoms with E-state index in [1.165, 1.54) is 0 Å². The standard InChI is InChI=1S/C17H20N2O3/c20-12-14(8-15-5-1-2-7-18-15)11-19-17(22)10-13-4-3-6-16(21)9-13/h1-7,9,14,20-21H,8,10-12H2,(H,19,22). The lowest BCUT2D eigenvalue weighted by Gasteiger charge is -2.14. The van der Waals surface area contributed by atoms with Crippen molar-refractivity contribution in [2.45, 2.75) is 12.8 Å². The maximum Gasteiger partial charge on any atom is 0.224 e. The smallest absolute Gasteiger partial charge is 0.224 e. The second-order valence-corrected chi connectivity index (χ2v) is 5.22. The van der Waals surface area contributed by atoms with Crippen LogP contribution in [0.2, 0.25) is 0 Å². The minimum atomic E-state index is -0.134. The molecule has 1 aromatic carbocycles. The highest BCUT2D eigenvalue weighted by molar-refractivity contribution is 5.78. The van der Waals surface area contributed by atoms with Gasteiger partial charge in [-0.15, -0.1) is 0 Å². The third-order valence-electron chi connectivity index (χ3n) is 3.35. The number of nitrogens with zero attached hydrogens (tertiary/aromatic N) is 1. The maximum atomic E-state index is 11.9. The Bertz CT molecular complexity index is 602. The molecular formula is C17H20N2O3. The van der Waals surface area contributed by atoms with Gasteiger partial charge in [0.15, 0.2) is 0 Å². The average Bonchev–Trinajstić information content (AvgIpc) is 2.52. The molecule has 0 saturated heterocycles. The topological polar surface area (TPSA) is 82.5 Å². The zero-order chi connectivity index (χ0) is 15.8. The Kier molecular flexibility index (Phi) is 5.91. The molecule has 0 bridgehead atoms. The first-order valence-corrected chi connectivity index (χ1v) is 7.22. The predicted molar refractivity (Wildman–Crippen MR) is 83.3 cm³/mol. The van der Waals surface area contributed by atoms with E-state index in [9.17, 15) is 15.0 Å². The number of benzene rings is 1. The maximum absolute atomic E-state index is 11.9. The molecule has 5 nitrogen and oxygen atoms in total. The number of nitrogens with one attached hydrogen (secondary N) is 1. The Morgan fingerprint density at radius 3 is 2.77 bits per heavy atom. The molecule has 1 atom stereocenters. The van der Waals surface area contributed by atoms with Gasteiger partial charge in [0, 0.05) is 31.0 Å². The van der Waals surface area contributed by atoms with E-state index in [1.54, 1.807) is 30.5 Å². The summed E-state index contributed by atoms with van der Waals surface area (Å²) in [5, 5.41) is 21.6. The monoisotopic (exact) mass is 300 g/mol. The number of phenolic OH excluding ortho intramolecular Hbond substituents is 1. The Balaban J connectivity index is 1.81. The van der Waals surface area contributed by atoms with Crippen LogP contribution in [0, 0.1) is 5.92 Å². The van der Waals surface area contributed by atoms with Crippen LogP contribution in [0.1, 0.15) is 11.3 Å². The number of pyridine rings is 1. The fourth-order valence-electron chi connectivity index (χ4n) is 2.19. The summed E-state index contributed by atoms with van der Waals surface area (Å²) in [5.74, 6) is -0.0539. The molecule has 3 N–H and O–H groups in total. The number of aromatic hydroxyl groups is 1. The van der Waals surface area contributed by atoms with Crippen molar-refractivity contribution < 1.29 is 15.0 Å². The summed E-state index contributed by atoms with van der Waals surface area (Å²) in [7, 11) is 0. The van der Waals surface area contributed by atoms with E-state index >= 15 is 0 Å². The van der Waals surface area contributed by atoms with Gasteiger partial charge in [-0.2, -0.15) is 0 Å². The van der Waals surface area contributed by atoms with Gasteiger partial charge in [0.05, 0.1) is 6.42 Å². The summed E-state index contributed by atoms with van der Waals surface area (Å²) in [6, 6.07) is 12.3. The molecule has 2 rings (SSSR count). The molecule has 0 spiro atoms. The van der Waals surface area contributed by atoms with Gasteiger partial charge < -0.3 is 15.5 Å². The fourth-order valence-corrected chi connectivity index (χ4v) is 2.19. The Morgan fingerprint density at radius 1 is 1.23 bits per heavy atom. The van der Waals surface area contributed by atoms with Crippen LogP contribution in [0.4, 0.5) is 0 Å². The van der Waals surface area contributed by atoms with E-state index in [4.69, 9.17) is 0 Å². The average molecular weight is 300 g/mol. The lowest BCUT2D eigenvalue weighted by atomic mass is 10.0. The van der Waals surface area contributed by atoms with Crippen LogP contribution in [-0.2, 0) is 17.6 Å². The highest BCUT2D eigenvalue weighted by atomic mass is 16.3. The normalized spacial score (nSPS) is 11.9. The Hall–Kier alpha value is -2.40. The number of aliphatic hydroxyl groups excluding tert-OH is 1. The van der Waals surface area contributed by atoms with Crippen LogP contribution < -0.4 is 5.32 Å². The first-order chi connectivity index (χ1) is 10.7. The molecule has 5 heteroatoms. The van der Waals surface area contributed by atoms with Gasteiger partial charge in [-0.05, 0) is 36.2 Å². The number of carbonyl (C=O) groups is 1. The van der Waals surface area contributed by atoms with E-state index in [0.29, 0.717) is 13.0 Å². The minimum Gasteiger partial charge on any atom is -0.508 e. The number of rotatable bonds is 7. The SMILES string of the molecule is O=C(Cc1cccc(O)c1)NCC(CO)Cc1ccccn1. The van der Waals surface area contributed by atoms with Gasteiger partial charge in [0.1, 0.15) is 5.75 Å². The van der Waals surface area contributed by atoms with E-state index in [1.807, 2.05) is 18.2 Å². The van der Waals surface area contributed by atoms with Crippen LogP contribution in [0.5, 0.6) is 5.75 Å². The van der Waals surface area contributed by atoms with Crippen molar-refractivity contribution in [1.82, 2.24) is 10.3 Å². The van der Waals surface area contributed by atoms with Crippen LogP contribution in [-0.4, -0.2) is 34.3 Å². The number of hydrogen-bond acceptors (Lipinski definition) is 4. The van der Waals surface area contributed by atoms with Crippen molar-refractivity contribution in [3.63, 3.8) is 0 Å².